The average Bonchev–Trinajstić information content (AvgIpc) is 2.92. The summed E-state index contributed by atoms with van der Waals surface area (Å²) in [4.78, 5) is 22.2. The van der Waals surface area contributed by atoms with E-state index in [-0.39, 0.29) is 32.4 Å². The fourth-order valence-electron chi connectivity index (χ4n) is 4.42. The molecule has 0 fully saturated rings. The fourth-order valence-corrected chi connectivity index (χ4v) is 8.85. The van der Waals surface area contributed by atoms with Crippen LogP contribution in [0.5, 0.6) is 0 Å². The van der Waals surface area contributed by atoms with Crippen molar-refractivity contribution < 1.29 is 45.1 Å². The Balaban J connectivity index is 2.29. The summed E-state index contributed by atoms with van der Waals surface area (Å²) >= 11 is 0. The molecule has 0 heterocycles. The lowest BCUT2D eigenvalue weighted by Gasteiger charge is -2.15. The van der Waals surface area contributed by atoms with Gasteiger partial charge in [-0.05, 0) is 61.4 Å². The maximum atomic E-state index is 13.2. The molecule has 2 aromatic rings. The van der Waals surface area contributed by atoms with Crippen LogP contribution in [0.1, 0.15) is 78.1 Å². The molecule has 10 nitrogen and oxygen atoms in total. The molecule has 0 bridgehead atoms. The van der Waals surface area contributed by atoms with Crippen molar-refractivity contribution in [3.8, 4) is 0 Å². The molecule has 2 aromatic carbocycles. The van der Waals surface area contributed by atoms with Crippen LogP contribution in [0.4, 0.5) is 0 Å². The van der Waals surface area contributed by atoms with Crippen LogP contribution in [-0.2, 0) is 39.1 Å². The normalized spacial score (nSPS) is 13.9. The minimum absolute atomic E-state index is 0.0611. The van der Waals surface area contributed by atoms with Gasteiger partial charge in [-0.1, -0.05) is 65.2 Å². The third-order valence-electron chi connectivity index (χ3n) is 6.86. The lowest BCUT2D eigenvalue weighted by atomic mass is 10.1. The minimum Gasteiger partial charge on any atom is -0.480 e. The zero-order valence-electron chi connectivity index (χ0n) is 23.2. The average molecular weight is 631 g/mol. The summed E-state index contributed by atoms with van der Waals surface area (Å²) in [6.45, 7) is 3.95. The second kappa shape index (κ2) is 14.9. The van der Waals surface area contributed by atoms with E-state index in [0.717, 1.165) is 74.2 Å². The maximum Gasteiger partial charge on any atom is 0.322 e. The highest BCUT2D eigenvalue weighted by molar-refractivity contribution is 7.93. The topological polar surface area (TPSA) is 177 Å². The van der Waals surface area contributed by atoms with Crippen LogP contribution < -0.4 is 0 Å². The van der Waals surface area contributed by atoms with E-state index in [1.807, 2.05) is 13.8 Å². The van der Waals surface area contributed by atoms with Crippen molar-refractivity contribution in [2.45, 2.75) is 108 Å². The number of sulfone groups is 3. The first-order valence-electron chi connectivity index (χ1n) is 13.6. The van der Waals surface area contributed by atoms with Crippen LogP contribution in [0.3, 0.4) is 0 Å². The van der Waals surface area contributed by atoms with Crippen molar-refractivity contribution in [3.63, 3.8) is 0 Å². The lowest BCUT2D eigenvalue weighted by Crippen LogP contribution is -2.30. The Morgan fingerprint density at radius 2 is 0.829 bits per heavy atom. The van der Waals surface area contributed by atoms with Gasteiger partial charge in [-0.25, -0.2) is 25.3 Å². The van der Waals surface area contributed by atoms with Crippen LogP contribution in [0.2, 0.25) is 0 Å². The SMILES string of the molecule is CCCCCCC(C(=O)O)S(=O)(=O)c1ccc(S(=O)(=O)c2ccc(S(=O)(=O)C(CCCCCC)C(=O)O)cc2)cc1. The standard InChI is InChI=1S/C28H38O10S3/c1-3-5-7-9-11-25(27(29)30)40(35,36)23-17-13-21(14-18-23)39(33,34)22-15-19-24(20-16-22)41(37,38)26(28(31)32)12-10-8-6-4-2/h13-20,25-26H,3-12H2,1-2H3,(H,29,30)(H,31,32). The monoisotopic (exact) mass is 630 g/mol. The predicted octanol–water partition coefficient (Wildman–Crippen LogP) is 4.91. The summed E-state index contributed by atoms with van der Waals surface area (Å²) in [5.74, 6) is -2.95. The van der Waals surface area contributed by atoms with Crippen molar-refractivity contribution in [2.75, 3.05) is 0 Å². The van der Waals surface area contributed by atoms with Crippen molar-refractivity contribution in [3.05, 3.63) is 48.5 Å². The van der Waals surface area contributed by atoms with Crippen molar-refractivity contribution in [1.29, 1.82) is 0 Å². The highest BCUT2D eigenvalue weighted by Crippen LogP contribution is 2.28. The third kappa shape index (κ3) is 8.62. The number of benzene rings is 2. The Morgan fingerprint density at radius 1 is 0.537 bits per heavy atom. The molecule has 2 atom stereocenters. The van der Waals surface area contributed by atoms with Gasteiger partial charge >= 0.3 is 11.9 Å². The number of hydrogen-bond acceptors (Lipinski definition) is 8. The quantitative estimate of drug-likeness (QED) is 0.215. The highest BCUT2D eigenvalue weighted by Gasteiger charge is 2.35. The van der Waals surface area contributed by atoms with E-state index < -0.39 is 52.0 Å². The van der Waals surface area contributed by atoms with Crippen LogP contribution in [0.15, 0.2) is 68.1 Å². The molecule has 0 saturated heterocycles. The van der Waals surface area contributed by atoms with Crippen LogP contribution in [0.25, 0.3) is 0 Å². The molecule has 0 saturated carbocycles. The number of aliphatic carboxylic acids is 2. The predicted molar refractivity (Wildman–Crippen MR) is 153 cm³/mol. The molecule has 2 N–H and O–H groups in total. The Morgan fingerprint density at radius 3 is 1.10 bits per heavy atom. The van der Waals surface area contributed by atoms with Crippen molar-refractivity contribution in [2.24, 2.45) is 0 Å². The fraction of sp³-hybridized carbons (Fsp3) is 0.500. The summed E-state index contributed by atoms with van der Waals surface area (Å²) in [7, 11) is -12.7. The molecule has 41 heavy (non-hydrogen) atoms. The summed E-state index contributed by atoms with van der Waals surface area (Å²) in [5, 5.41) is 15.7. The van der Waals surface area contributed by atoms with Gasteiger partial charge in [-0.15, -0.1) is 0 Å². The number of hydrogen-bond donors (Lipinski definition) is 2. The number of unbranched alkanes of at least 4 members (excludes halogenated alkanes) is 6. The van der Waals surface area contributed by atoms with Crippen molar-refractivity contribution in [1.82, 2.24) is 0 Å². The smallest absolute Gasteiger partial charge is 0.322 e. The largest absolute Gasteiger partial charge is 0.480 e. The van der Waals surface area contributed by atoms with Gasteiger partial charge in [0.2, 0.25) is 9.84 Å². The molecular weight excluding hydrogens is 592 g/mol. The van der Waals surface area contributed by atoms with Crippen molar-refractivity contribution >= 4 is 41.5 Å². The number of carbonyl (C=O) groups is 2. The molecule has 0 aliphatic carbocycles. The molecule has 228 valence electrons. The molecule has 0 amide bonds. The number of carboxylic acid groups (broad SMARTS) is 2. The zero-order valence-corrected chi connectivity index (χ0v) is 25.7. The number of rotatable bonds is 18. The van der Waals surface area contributed by atoms with Gasteiger partial charge in [-0.2, -0.15) is 0 Å². The van der Waals surface area contributed by atoms with Crippen LogP contribution >= 0.6 is 0 Å². The van der Waals surface area contributed by atoms with Crippen LogP contribution in [0, 0.1) is 0 Å². The Bertz CT molecular complexity index is 1380. The summed E-state index contributed by atoms with van der Waals surface area (Å²) in [5.41, 5.74) is 0. The molecule has 0 aliphatic heterocycles. The van der Waals surface area contributed by atoms with E-state index in [0.29, 0.717) is 25.7 Å². The van der Waals surface area contributed by atoms with E-state index >= 15 is 0 Å². The summed E-state index contributed by atoms with van der Waals surface area (Å²) < 4.78 is 78.2. The second-order valence-corrected chi connectivity index (χ2v) is 16.1. The first-order valence-corrected chi connectivity index (χ1v) is 18.2. The molecule has 2 rings (SSSR count). The van der Waals surface area contributed by atoms with E-state index in [4.69, 9.17) is 0 Å². The van der Waals surface area contributed by atoms with Crippen LogP contribution in [-0.4, -0.2) is 57.9 Å². The Kier molecular flexibility index (Phi) is 12.5. The lowest BCUT2D eigenvalue weighted by molar-refractivity contribution is -0.137. The Labute approximate surface area is 242 Å². The van der Waals surface area contributed by atoms with E-state index in [1.54, 1.807) is 0 Å². The molecule has 2 unspecified atom stereocenters. The molecule has 0 aliphatic rings. The summed E-state index contributed by atoms with van der Waals surface area (Å²) in [6.07, 6.45) is 5.63. The van der Waals surface area contributed by atoms with E-state index in [9.17, 15) is 45.1 Å². The van der Waals surface area contributed by atoms with Gasteiger partial charge < -0.3 is 10.2 Å². The number of carboxylic acids is 2. The molecule has 0 aromatic heterocycles. The third-order valence-corrected chi connectivity index (χ3v) is 12.9. The molecule has 0 radical (unpaired) electrons. The Hall–Kier alpha value is -2.77. The van der Waals surface area contributed by atoms with E-state index in [1.165, 1.54) is 0 Å². The minimum atomic E-state index is -4.27. The van der Waals surface area contributed by atoms with Gasteiger partial charge in [0.15, 0.2) is 30.2 Å². The first-order chi connectivity index (χ1) is 19.2. The van der Waals surface area contributed by atoms with E-state index in [2.05, 4.69) is 0 Å². The van der Waals surface area contributed by atoms with Gasteiger partial charge in [0.1, 0.15) is 0 Å². The molecule has 13 heteroatoms. The highest BCUT2D eigenvalue weighted by atomic mass is 32.2. The molecule has 0 spiro atoms. The zero-order chi connectivity index (χ0) is 30.8. The second-order valence-electron chi connectivity index (χ2n) is 9.89. The van der Waals surface area contributed by atoms with Gasteiger partial charge in [0.25, 0.3) is 0 Å². The van der Waals surface area contributed by atoms with Gasteiger partial charge in [0, 0.05) is 0 Å². The first kappa shape index (κ1) is 34.4. The van der Waals surface area contributed by atoms with Gasteiger partial charge in [-0.3, -0.25) is 9.59 Å². The summed E-state index contributed by atoms with van der Waals surface area (Å²) in [6, 6.07) is 8.38. The molecular formula is C28H38O10S3. The van der Waals surface area contributed by atoms with Gasteiger partial charge in [0.05, 0.1) is 19.6 Å². The maximum absolute atomic E-state index is 13.2.